The Morgan fingerprint density at radius 3 is 2.30 bits per heavy atom. The lowest BCUT2D eigenvalue weighted by atomic mass is 10.0. The number of rotatable bonds is 4. The van der Waals surface area contributed by atoms with Crippen LogP contribution in [0.15, 0.2) is 54.6 Å². The monoisotopic (exact) mass is 380 g/mol. The first-order valence-corrected chi connectivity index (χ1v) is 10.7. The molecule has 2 heterocycles. The zero-order valence-corrected chi connectivity index (χ0v) is 16.2. The van der Waals surface area contributed by atoms with Gasteiger partial charge in [-0.05, 0) is 29.5 Å². The minimum absolute atomic E-state index is 0.0463. The number of nitrogens with zero attached hydrogens (tertiary/aromatic N) is 2. The number of carbonyl (C=O) groups is 2. The molecule has 0 saturated carbocycles. The molecule has 4 nitrogen and oxygen atoms in total. The van der Waals surface area contributed by atoms with Gasteiger partial charge < -0.3 is 9.80 Å². The van der Waals surface area contributed by atoms with Gasteiger partial charge in [0.25, 0.3) is 0 Å². The van der Waals surface area contributed by atoms with Gasteiger partial charge in [0, 0.05) is 18.8 Å². The van der Waals surface area contributed by atoms with E-state index < -0.39 is 0 Å². The topological polar surface area (TPSA) is 40.6 Å². The molecule has 2 aromatic rings. The van der Waals surface area contributed by atoms with Crippen LogP contribution >= 0.6 is 11.8 Å². The third-order valence-corrected chi connectivity index (χ3v) is 6.33. The SMILES string of the molecule is O=C(C1CSCN1C(=O)Cc1ccc(-c2ccccc2)cc1)N1CCCC1. The van der Waals surface area contributed by atoms with E-state index in [9.17, 15) is 9.59 Å². The van der Waals surface area contributed by atoms with Crippen molar-refractivity contribution in [2.45, 2.75) is 25.3 Å². The van der Waals surface area contributed by atoms with Gasteiger partial charge in [0.1, 0.15) is 6.04 Å². The molecule has 2 aromatic carbocycles. The highest BCUT2D eigenvalue weighted by Crippen LogP contribution is 2.25. The van der Waals surface area contributed by atoms with Crippen molar-refractivity contribution in [2.24, 2.45) is 0 Å². The first-order chi connectivity index (χ1) is 13.2. The van der Waals surface area contributed by atoms with E-state index in [2.05, 4.69) is 24.3 Å². The van der Waals surface area contributed by atoms with Crippen molar-refractivity contribution >= 4 is 23.6 Å². The molecule has 0 spiro atoms. The van der Waals surface area contributed by atoms with Gasteiger partial charge in [0.15, 0.2) is 0 Å². The van der Waals surface area contributed by atoms with Crippen LogP contribution in [0.1, 0.15) is 18.4 Å². The molecule has 27 heavy (non-hydrogen) atoms. The van der Waals surface area contributed by atoms with Crippen molar-refractivity contribution in [3.8, 4) is 11.1 Å². The third kappa shape index (κ3) is 4.03. The number of hydrogen-bond donors (Lipinski definition) is 0. The lowest BCUT2D eigenvalue weighted by molar-refractivity contribution is -0.142. The van der Waals surface area contributed by atoms with Crippen LogP contribution in [-0.2, 0) is 16.0 Å². The highest BCUT2D eigenvalue weighted by molar-refractivity contribution is 7.99. The zero-order chi connectivity index (χ0) is 18.6. The Bertz CT molecular complexity index is 801. The molecule has 2 aliphatic heterocycles. The summed E-state index contributed by atoms with van der Waals surface area (Å²) in [6.07, 6.45) is 2.50. The van der Waals surface area contributed by atoms with Crippen LogP contribution < -0.4 is 0 Å². The highest BCUT2D eigenvalue weighted by Gasteiger charge is 2.37. The Balaban J connectivity index is 1.41. The van der Waals surface area contributed by atoms with Gasteiger partial charge in [0.2, 0.25) is 11.8 Å². The van der Waals surface area contributed by atoms with E-state index in [1.165, 1.54) is 5.56 Å². The summed E-state index contributed by atoms with van der Waals surface area (Å²) in [5.74, 6) is 1.51. The average molecular weight is 381 g/mol. The lowest BCUT2D eigenvalue weighted by Crippen LogP contribution is -2.48. The van der Waals surface area contributed by atoms with Gasteiger partial charge in [0.05, 0.1) is 12.3 Å². The molecule has 1 atom stereocenters. The second-order valence-electron chi connectivity index (χ2n) is 7.15. The van der Waals surface area contributed by atoms with Crippen molar-refractivity contribution in [1.29, 1.82) is 0 Å². The Morgan fingerprint density at radius 1 is 0.926 bits per heavy atom. The van der Waals surface area contributed by atoms with Gasteiger partial charge in [-0.2, -0.15) is 0 Å². The molecular formula is C22H24N2O2S. The maximum atomic E-state index is 12.8. The van der Waals surface area contributed by atoms with Crippen LogP contribution in [-0.4, -0.2) is 52.4 Å². The number of benzene rings is 2. The Hall–Kier alpha value is -2.27. The predicted octanol–water partition coefficient (Wildman–Crippen LogP) is 3.42. The van der Waals surface area contributed by atoms with Gasteiger partial charge in [-0.3, -0.25) is 9.59 Å². The fraction of sp³-hybridized carbons (Fsp3) is 0.364. The van der Waals surface area contributed by atoms with E-state index in [1.54, 1.807) is 16.7 Å². The Kier molecular flexibility index (Phi) is 5.48. The first kappa shape index (κ1) is 18.1. The summed E-state index contributed by atoms with van der Waals surface area (Å²) >= 11 is 1.67. The standard InChI is InChI=1S/C22H24N2O2S/c25-21(24-16-27-15-20(24)22(26)23-12-4-5-13-23)14-17-8-10-19(11-9-17)18-6-2-1-3-7-18/h1-3,6-11,20H,4-5,12-16H2. The summed E-state index contributed by atoms with van der Waals surface area (Å²) in [6.45, 7) is 1.67. The van der Waals surface area contributed by atoms with Crippen molar-refractivity contribution in [3.05, 3.63) is 60.2 Å². The number of thioether (sulfide) groups is 1. The minimum atomic E-state index is -0.288. The zero-order valence-electron chi connectivity index (χ0n) is 15.3. The quantitative estimate of drug-likeness (QED) is 0.816. The maximum Gasteiger partial charge on any atom is 0.246 e. The van der Waals surface area contributed by atoms with Gasteiger partial charge in [-0.15, -0.1) is 11.8 Å². The Morgan fingerprint density at radius 2 is 1.59 bits per heavy atom. The number of amides is 2. The summed E-state index contributed by atoms with van der Waals surface area (Å²) in [6, 6.07) is 18.1. The van der Waals surface area contributed by atoms with Crippen molar-refractivity contribution in [2.75, 3.05) is 24.7 Å². The van der Waals surface area contributed by atoms with Crippen molar-refractivity contribution < 1.29 is 9.59 Å². The minimum Gasteiger partial charge on any atom is -0.341 e. The summed E-state index contributed by atoms with van der Waals surface area (Å²) in [5, 5.41) is 0. The fourth-order valence-electron chi connectivity index (χ4n) is 3.76. The largest absolute Gasteiger partial charge is 0.341 e. The molecule has 0 N–H and O–H groups in total. The second-order valence-corrected chi connectivity index (χ2v) is 8.15. The van der Waals surface area contributed by atoms with Crippen molar-refractivity contribution in [1.82, 2.24) is 9.80 Å². The molecule has 0 aliphatic carbocycles. The smallest absolute Gasteiger partial charge is 0.246 e. The normalized spacial score (nSPS) is 19.5. The molecule has 2 aliphatic rings. The fourth-order valence-corrected chi connectivity index (χ4v) is 4.93. The van der Waals surface area contributed by atoms with Crippen LogP contribution in [0.2, 0.25) is 0 Å². The third-order valence-electron chi connectivity index (χ3n) is 5.32. The Labute approximate surface area is 164 Å². The lowest BCUT2D eigenvalue weighted by Gasteiger charge is -2.27. The number of carbonyl (C=O) groups excluding carboxylic acids is 2. The number of hydrogen-bond acceptors (Lipinski definition) is 3. The van der Waals surface area contributed by atoms with Crippen LogP contribution in [0.3, 0.4) is 0 Å². The second kappa shape index (κ2) is 8.17. The first-order valence-electron chi connectivity index (χ1n) is 9.53. The molecule has 0 aromatic heterocycles. The van der Waals surface area contributed by atoms with Crippen LogP contribution in [0, 0.1) is 0 Å². The van der Waals surface area contributed by atoms with E-state index in [1.807, 2.05) is 35.2 Å². The molecule has 0 bridgehead atoms. The maximum absolute atomic E-state index is 12.8. The predicted molar refractivity (Wildman–Crippen MR) is 109 cm³/mol. The van der Waals surface area contributed by atoms with Gasteiger partial charge >= 0.3 is 0 Å². The van der Waals surface area contributed by atoms with E-state index in [0.717, 1.165) is 37.1 Å². The molecule has 4 rings (SSSR count). The van der Waals surface area contributed by atoms with Crippen LogP contribution in [0.5, 0.6) is 0 Å². The van der Waals surface area contributed by atoms with Crippen LogP contribution in [0.4, 0.5) is 0 Å². The summed E-state index contributed by atoms with van der Waals surface area (Å²) in [7, 11) is 0. The molecule has 1 unspecified atom stereocenters. The summed E-state index contributed by atoms with van der Waals surface area (Å²) < 4.78 is 0. The molecule has 2 fully saturated rings. The van der Waals surface area contributed by atoms with E-state index in [-0.39, 0.29) is 17.9 Å². The molecule has 0 radical (unpaired) electrons. The van der Waals surface area contributed by atoms with Crippen molar-refractivity contribution in [3.63, 3.8) is 0 Å². The highest BCUT2D eigenvalue weighted by atomic mass is 32.2. The molecule has 2 amide bonds. The molecular weight excluding hydrogens is 356 g/mol. The summed E-state index contributed by atoms with van der Waals surface area (Å²) in [5.41, 5.74) is 3.30. The van der Waals surface area contributed by atoms with E-state index in [4.69, 9.17) is 0 Å². The van der Waals surface area contributed by atoms with Gasteiger partial charge in [-0.1, -0.05) is 54.6 Å². The molecule has 5 heteroatoms. The van der Waals surface area contributed by atoms with Crippen LogP contribution in [0.25, 0.3) is 11.1 Å². The van der Waals surface area contributed by atoms with E-state index in [0.29, 0.717) is 18.1 Å². The number of likely N-dealkylation sites (tertiary alicyclic amines) is 1. The summed E-state index contributed by atoms with van der Waals surface area (Å²) in [4.78, 5) is 29.3. The van der Waals surface area contributed by atoms with Gasteiger partial charge in [-0.25, -0.2) is 0 Å². The average Bonchev–Trinajstić information content (AvgIpc) is 3.41. The molecule has 140 valence electrons. The molecule has 2 saturated heterocycles. The van der Waals surface area contributed by atoms with E-state index >= 15 is 0 Å².